The Morgan fingerprint density at radius 3 is 2.17 bits per heavy atom. The minimum absolute atomic E-state index is 0.105. The Morgan fingerprint density at radius 1 is 0.848 bits per heavy atom. The highest BCUT2D eigenvalue weighted by atomic mass is 16.6. The van der Waals surface area contributed by atoms with Crippen molar-refractivity contribution in [2.45, 2.75) is 91.7 Å². The molecule has 3 aromatic rings. The molecule has 0 aliphatic heterocycles. The van der Waals surface area contributed by atoms with Gasteiger partial charge in [0.15, 0.2) is 11.5 Å². The van der Waals surface area contributed by atoms with Gasteiger partial charge in [0, 0.05) is 17.7 Å². The molecule has 1 unspecified atom stereocenters. The van der Waals surface area contributed by atoms with E-state index in [1.807, 2.05) is 13.8 Å². The third-order valence-electron chi connectivity index (χ3n) is 6.62. The number of ether oxygens (including phenoxy) is 4. The first kappa shape index (κ1) is 37.7. The van der Waals surface area contributed by atoms with Gasteiger partial charge in [-0.05, 0) is 87.4 Å². The molecule has 0 aliphatic carbocycles. The Hall–Kier alpha value is -4.53. The minimum atomic E-state index is -1.00. The van der Waals surface area contributed by atoms with Crippen molar-refractivity contribution in [3.05, 3.63) is 83.4 Å². The maximum absolute atomic E-state index is 13.1. The molecular weight excluding hydrogens is 584 g/mol. The second-order valence-corrected chi connectivity index (χ2v) is 11.6. The zero-order valence-corrected chi connectivity index (χ0v) is 28.3. The molecule has 0 aromatic heterocycles. The first-order valence-corrected chi connectivity index (χ1v) is 16.0. The number of nitrogen functional groups attached to an aromatic ring is 1. The van der Waals surface area contributed by atoms with Gasteiger partial charge in [-0.2, -0.15) is 0 Å². The molecule has 3 N–H and O–H groups in total. The first-order chi connectivity index (χ1) is 22.0. The number of carbonyl (C=O) groups is 3. The molecule has 46 heavy (non-hydrogen) atoms. The van der Waals surface area contributed by atoms with E-state index in [4.69, 9.17) is 24.7 Å². The van der Waals surface area contributed by atoms with E-state index in [-0.39, 0.29) is 12.2 Å². The Morgan fingerprint density at radius 2 is 1.54 bits per heavy atom. The van der Waals surface area contributed by atoms with Gasteiger partial charge in [-0.15, -0.1) is 0 Å². The zero-order chi connectivity index (χ0) is 34.1. The van der Waals surface area contributed by atoms with E-state index in [0.29, 0.717) is 40.5 Å². The molecule has 9 heteroatoms. The lowest BCUT2D eigenvalue weighted by molar-refractivity contribution is -0.157. The molecule has 0 bridgehead atoms. The molecule has 3 aromatic carbocycles. The van der Waals surface area contributed by atoms with Crippen molar-refractivity contribution in [2.24, 2.45) is 0 Å². The number of carbonyl (C=O) groups excluding carboxylic acids is 3. The predicted octanol–water partition coefficient (Wildman–Crippen LogP) is 7.55. The monoisotopic (exact) mass is 634 g/mol. The van der Waals surface area contributed by atoms with Crippen molar-refractivity contribution >= 4 is 23.5 Å². The molecule has 250 valence electrons. The molecular formula is C37H50N2O7. The Kier molecular flexibility index (Phi) is 15.6. The SMILES string of the molecule is CC.CCCCCCCOc1ccc(C(=O)Oc2ccc(CC(NC(=O)c3cccc(N)c3)C(=O)OC(C)(C)C)cc2OC)cc1. The van der Waals surface area contributed by atoms with E-state index in [2.05, 4.69) is 12.2 Å². The van der Waals surface area contributed by atoms with Gasteiger partial charge in [-0.1, -0.05) is 58.6 Å². The number of unbranched alkanes of at least 4 members (excludes halogenated alkanes) is 4. The lowest BCUT2D eigenvalue weighted by Gasteiger charge is -2.25. The van der Waals surface area contributed by atoms with E-state index in [1.54, 1.807) is 81.4 Å². The maximum atomic E-state index is 13.1. The lowest BCUT2D eigenvalue weighted by atomic mass is 10.0. The van der Waals surface area contributed by atoms with Gasteiger partial charge < -0.3 is 30.0 Å². The smallest absolute Gasteiger partial charge is 0.343 e. The highest BCUT2D eigenvalue weighted by Crippen LogP contribution is 2.30. The number of rotatable bonds is 15. The fourth-order valence-corrected chi connectivity index (χ4v) is 4.39. The molecule has 9 nitrogen and oxygen atoms in total. The number of benzene rings is 3. The molecule has 3 rings (SSSR count). The number of anilines is 1. The average molecular weight is 635 g/mol. The Labute approximate surface area is 273 Å². The summed E-state index contributed by atoms with van der Waals surface area (Å²) in [7, 11) is 1.46. The number of amides is 1. The number of hydrogen-bond donors (Lipinski definition) is 2. The number of nitrogens with one attached hydrogen (secondary N) is 1. The van der Waals surface area contributed by atoms with Crippen LogP contribution in [0, 0.1) is 0 Å². The van der Waals surface area contributed by atoms with E-state index < -0.39 is 29.5 Å². The predicted molar refractivity (Wildman–Crippen MR) is 182 cm³/mol. The van der Waals surface area contributed by atoms with Crippen molar-refractivity contribution in [3.8, 4) is 17.2 Å². The number of nitrogens with two attached hydrogens (primary N) is 1. The molecule has 0 saturated heterocycles. The second-order valence-electron chi connectivity index (χ2n) is 11.6. The molecule has 0 heterocycles. The van der Waals surface area contributed by atoms with Crippen LogP contribution in [0.25, 0.3) is 0 Å². The highest BCUT2D eigenvalue weighted by Gasteiger charge is 2.28. The van der Waals surface area contributed by atoms with Crippen LogP contribution in [0.1, 0.15) is 99.9 Å². The molecule has 0 spiro atoms. The van der Waals surface area contributed by atoms with E-state index in [0.717, 1.165) is 12.8 Å². The zero-order valence-electron chi connectivity index (χ0n) is 28.3. The normalized spacial score (nSPS) is 11.4. The van der Waals surface area contributed by atoms with Gasteiger partial charge in [0.1, 0.15) is 17.4 Å². The van der Waals surface area contributed by atoms with E-state index >= 15 is 0 Å². The maximum Gasteiger partial charge on any atom is 0.343 e. The quantitative estimate of drug-likeness (QED) is 0.0759. The summed E-state index contributed by atoms with van der Waals surface area (Å²) in [5.41, 5.74) is 6.83. The minimum Gasteiger partial charge on any atom is -0.494 e. The van der Waals surface area contributed by atoms with Gasteiger partial charge >= 0.3 is 11.9 Å². The number of hydrogen-bond acceptors (Lipinski definition) is 8. The fraction of sp³-hybridized carbons (Fsp3) is 0.432. The van der Waals surface area contributed by atoms with Crippen LogP contribution in [0.4, 0.5) is 5.69 Å². The van der Waals surface area contributed by atoms with Crippen molar-refractivity contribution in [1.29, 1.82) is 0 Å². The second kappa shape index (κ2) is 19.1. The van der Waals surface area contributed by atoms with Crippen LogP contribution in [0.2, 0.25) is 0 Å². The third kappa shape index (κ3) is 12.8. The molecule has 1 amide bonds. The van der Waals surface area contributed by atoms with Crippen LogP contribution in [0.15, 0.2) is 66.7 Å². The molecule has 0 saturated carbocycles. The van der Waals surface area contributed by atoms with Gasteiger partial charge in [0.2, 0.25) is 0 Å². The van der Waals surface area contributed by atoms with Gasteiger partial charge in [0.05, 0.1) is 19.3 Å². The van der Waals surface area contributed by atoms with E-state index in [9.17, 15) is 14.4 Å². The van der Waals surface area contributed by atoms with Crippen LogP contribution in [0.5, 0.6) is 17.2 Å². The topological polar surface area (TPSA) is 126 Å². The van der Waals surface area contributed by atoms with Crippen LogP contribution in [0.3, 0.4) is 0 Å². The molecule has 0 radical (unpaired) electrons. The summed E-state index contributed by atoms with van der Waals surface area (Å²) < 4.78 is 22.5. The summed E-state index contributed by atoms with van der Waals surface area (Å²) >= 11 is 0. The Bertz CT molecular complexity index is 1400. The molecule has 0 aliphatic rings. The highest BCUT2D eigenvalue weighted by molar-refractivity contribution is 5.97. The lowest BCUT2D eigenvalue weighted by Crippen LogP contribution is -2.45. The van der Waals surface area contributed by atoms with Crippen molar-refractivity contribution < 1.29 is 33.3 Å². The van der Waals surface area contributed by atoms with Gasteiger partial charge in [-0.3, -0.25) is 4.79 Å². The summed E-state index contributed by atoms with van der Waals surface area (Å²) in [5.74, 6) is -0.401. The third-order valence-corrected chi connectivity index (χ3v) is 6.62. The van der Waals surface area contributed by atoms with Crippen LogP contribution >= 0.6 is 0 Å². The van der Waals surface area contributed by atoms with Crippen molar-refractivity contribution in [1.82, 2.24) is 5.32 Å². The fourth-order valence-electron chi connectivity index (χ4n) is 4.39. The van der Waals surface area contributed by atoms with Crippen LogP contribution < -0.4 is 25.3 Å². The molecule has 1 atom stereocenters. The average Bonchev–Trinajstić information content (AvgIpc) is 3.03. The standard InChI is InChI=1S/C35H44N2O7.C2H6/c1-6-7-8-9-10-20-42-28-17-15-25(16-18-28)33(39)43-30-19-14-24(22-31(30)41-5)21-29(34(40)44-35(2,3)4)37-32(38)26-12-11-13-27(36)23-26;1-2/h11-19,22-23,29H,6-10,20-21,36H2,1-5H3,(H,37,38);1-2H3. The summed E-state index contributed by atoms with van der Waals surface area (Å²) in [6.07, 6.45) is 5.88. The first-order valence-electron chi connectivity index (χ1n) is 16.0. The summed E-state index contributed by atoms with van der Waals surface area (Å²) in [6, 6.07) is 17.2. The van der Waals surface area contributed by atoms with Gasteiger partial charge in [-0.25, -0.2) is 9.59 Å². The molecule has 0 fully saturated rings. The number of methoxy groups -OCH3 is 1. The van der Waals surface area contributed by atoms with Crippen molar-refractivity contribution in [2.75, 3.05) is 19.5 Å². The Balaban J connectivity index is 0.00000361. The van der Waals surface area contributed by atoms with Crippen molar-refractivity contribution in [3.63, 3.8) is 0 Å². The largest absolute Gasteiger partial charge is 0.494 e. The summed E-state index contributed by atoms with van der Waals surface area (Å²) in [6.45, 7) is 12.1. The number of esters is 2. The van der Waals surface area contributed by atoms with Crippen LogP contribution in [-0.2, 0) is 16.0 Å². The van der Waals surface area contributed by atoms with Crippen LogP contribution in [-0.4, -0.2) is 43.2 Å². The van der Waals surface area contributed by atoms with E-state index in [1.165, 1.54) is 32.4 Å². The summed E-state index contributed by atoms with van der Waals surface area (Å²) in [5, 5.41) is 2.76. The van der Waals surface area contributed by atoms with Gasteiger partial charge in [0.25, 0.3) is 5.91 Å². The summed E-state index contributed by atoms with van der Waals surface area (Å²) in [4.78, 5) is 38.9.